The van der Waals surface area contributed by atoms with Gasteiger partial charge in [-0.1, -0.05) is 0 Å². The van der Waals surface area contributed by atoms with E-state index in [4.69, 9.17) is 5.73 Å². The van der Waals surface area contributed by atoms with Gasteiger partial charge < -0.3 is 16.0 Å². The van der Waals surface area contributed by atoms with E-state index < -0.39 is 0 Å². The molecule has 2 aromatic heterocycles. The van der Waals surface area contributed by atoms with Crippen molar-refractivity contribution in [3.05, 3.63) is 32.6 Å². The summed E-state index contributed by atoms with van der Waals surface area (Å²) in [4.78, 5) is 17.8. The number of anilines is 2. The van der Waals surface area contributed by atoms with Crippen LogP contribution in [0.5, 0.6) is 0 Å². The zero-order valence-corrected chi connectivity index (χ0v) is 11.0. The van der Waals surface area contributed by atoms with E-state index in [9.17, 15) is 4.79 Å². The topological polar surface area (TPSA) is 102 Å². The van der Waals surface area contributed by atoms with Crippen molar-refractivity contribution in [2.75, 3.05) is 17.6 Å². The molecule has 0 saturated heterocycles. The number of H-pyrrole nitrogens is 1. The fourth-order valence-electron chi connectivity index (χ4n) is 1.30. The van der Waals surface area contributed by atoms with Crippen LogP contribution in [0.25, 0.3) is 0 Å². The number of rotatable bonds is 4. The smallest absolute Gasteiger partial charge is 0.266 e. The van der Waals surface area contributed by atoms with E-state index in [0.29, 0.717) is 28.2 Å². The molecule has 0 bridgehead atoms. The Labute approximate surface area is 111 Å². The second-order valence-electron chi connectivity index (χ2n) is 3.36. The molecule has 90 valence electrons. The molecule has 4 N–H and O–H groups in total. The van der Waals surface area contributed by atoms with Gasteiger partial charge in [-0.25, -0.2) is 4.98 Å². The normalized spacial score (nSPS) is 10.4. The molecule has 0 fully saturated rings. The van der Waals surface area contributed by atoms with E-state index in [0.717, 1.165) is 0 Å². The van der Waals surface area contributed by atoms with Gasteiger partial charge in [0.25, 0.3) is 5.56 Å². The highest BCUT2D eigenvalue weighted by Crippen LogP contribution is 2.08. The quantitative estimate of drug-likeness (QED) is 0.690. The number of nitrogens with two attached hydrogens (primary N) is 1. The van der Waals surface area contributed by atoms with E-state index in [1.54, 1.807) is 17.1 Å². The van der Waals surface area contributed by atoms with E-state index in [1.165, 1.54) is 6.33 Å². The minimum atomic E-state index is -0.147. The molecule has 0 aromatic carbocycles. The fraction of sp³-hybridized carbons (Fsp3) is 0.222. The van der Waals surface area contributed by atoms with Crippen LogP contribution in [0.3, 0.4) is 0 Å². The summed E-state index contributed by atoms with van der Waals surface area (Å²) in [7, 11) is 0. The van der Waals surface area contributed by atoms with Crippen LogP contribution in [-0.2, 0) is 6.54 Å². The van der Waals surface area contributed by atoms with Crippen molar-refractivity contribution < 1.29 is 0 Å². The number of hydrogen-bond donors (Lipinski definition) is 3. The second kappa shape index (κ2) is 5.17. The van der Waals surface area contributed by atoms with Crippen molar-refractivity contribution in [1.29, 1.82) is 0 Å². The van der Waals surface area contributed by atoms with E-state index >= 15 is 0 Å². The summed E-state index contributed by atoms with van der Waals surface area (Å²) < 4.78 is 2.27. The van der Waals surface area contributed by atoms with Gasteiger partial charge in [-0.2, -0.15) is 5.10 Å². The third kappa shape index (κ3) is 2.96. The molecule has 2 aromatic rings. The average molecular weight is 346 g/mol. The SMILES string of the molecule is Nc1cnn(CCNc2nc[nH]c(=O)c2I)c1. The van der Waals surface area contributed by atoms with Crippen molar-refractivity contribution in [3.63, 3.8) is 0 Å². The number of nitrogen functional groups attached to an aromatic ring is 1. The van der Waals surface area contributed by atoms with Crippen LogP contribution >= 0.6 is 22.6 Å². The van der Waals surface area contributed by atoms with Crippen molar-refractivity contribution in [1.82, 2.24) is 19.7 Å². The van der Waals surface area contributed by atoms with Crippen molar-refractivity contribution in [3.8, 4) is 0 Å². The minimum Gasteiger partial charge on any atom is -0.396 e. The molecule has 17 heavy (non-hydrogen) atoms. The first-order valence-electron chi connectivity index (χ1n) is 4.92. The van der Waals surface area contributed by atoms with Gasteiger partial charge in [0.2, 0.25) is 0 Å². The maximum atomic E-state index is 11.3. The number of aromatic nitrogens is 4. The lowest BCUT2D eigenvalue weighted by atomic mass is 10.5. The lowest BCUT2D eigenvalue weighted by Crippen LogP contribution is -2.17. The molecular weight excluding hydrogens is 335 g/mol. The Morgan fingerprint density at radius 1 is 1.59 bits per heavy atom. The predicted octanol–water partition coefficient (Wildman–Crippen LogP) is 0.265. The molecule has 0 radical (unpaired) electrons. The van der Waals surface area contributed by atoms with E-state index in [2.05, 4.69) is 20.4 Å². The molecule has 0 amide bonds. The largest absolute Gasteiger partial charge is 0.396 e. The number of nitrogens with zero attached hydrogens (tertiary/aromatic N) is 3. The van der Waals surface area contributed by atoms with Gasteiger partial charge in [0.05, 0.1) is 24.8 Å². The molecule has 0 saturated carbocycles. The van der Waals surface area contributed by atoms with Crippen LogP contribution < -0.4 is 16.6 Å². The van der Waals surface area contributed by atoms with Crippen LogP contribution in [0.2, 0.25) is 0 Å². The van der Waals surface area contributed by atoms with Gasteiger partial charge in [-0.3, -0.25) is 9.48 Å². The standard InChI is InChI=1S/C9H11IN6O/c10-7-8(13-5-14-9(7)17)12-1-2-16-4-6(11)3-15-16/h3-5H,1-2,11H2,(H2,12,13,14,17). The predicted molar refractivity (Wildman–Crippen MR) is 72.7 cm³/mol. The molecule has 0 unspecified atom stereocenters. The molecule has 0 aliphatic carbocycles. The van der Waals surface area contributed by atoms with Gasteiger partial charge in [-0.15, -0.1) is 0 Å². The highest BCUT2D eigenvalue weighted by Gasteiger charge is 2.03. The van der Waals surface area contributed by atoms with Gasteiger partial charge >= 0.3 is 0 Å². The van der Waals surface area contributed by atoms with E-state index in [1.807, 2.05) is 22.6 Å². The number of aromatic amines is 1. The van der Waals surface area contributed by atoms with Crippen LogP contribution in [0.1, 0.15) is 0 Å². The molecule has 2 heterocycles. The lowest BCUT2D eigenvalue weighted by molar-refractivity contribution is 0.637. The first-order valence-corrected chi connectivity index (χ1v) is 5.99. The maximum absolute atomic E-state index is 11.3. The molecule has 0 aliphatic rings. The number of halogens is 1. The van der Waals surface area contributed by atoms with Gasteiger partial charge in [0, 0.05) is 12.7 Å². The fourth-order valence-corrected chi connectivity index (χ4v) is 1.78. The first-order chi connectivity index (χ1) is 8.16. The molecule has 0 spiro atoms. The Hall–Kier alpha value is -1.58. The summed E-state index contributed by atoms with van der Waals surface area (Å²) in [6.45, 7) is 1.27. The van der Waals surface area contributed by atoms with Gasteiger partial charge in [-0.05, 0) is 22.6 Å². The molecule has 2 rings (SSSR count). The monoisotopic (exact) mass is 346 g/mol. The summed E-state index contributed by atoms with van der Waals surface area (Å²) >= 11 is 1.95. The van der Waals surface area contributed by atoms with Crippen molar-refractivity contribution in [2.24, 2.45) is 0 Å². The summed E-state index contributed by atoms with van der Waals surface area (Å²) in [6, 6.07) is 0. The third-order valence-electron chi connectivity index (χ3n) is 2.08. The van der Waals surface area contributed by atoms with Gasteiger partial charge in [0.15, 0.2) is 0 Å². The van der Waals surface area contributed by atoms with Gasteiger partial charge in [0.1, 0.15) is 9.39 Å². The summed E-state index contributed by atoms with van der Waals surface area (Å²) in [5, 5.41) is 7.12. The molecule has 7 nitrogen and oxygen atoms in total. The molecular formula is C9H11IN6O. The van der Waals surface area contributed by atoms with Crippen LogP contribution in [0.15, 0.2) is 23.5 Å². The highest BCUT2D eigenvalue weighted by atomic mass is 127. The summed E-state index contributed by atoms with van der Waals surface area (Å²) in [5.74, 6) is 0.578. The van der Waals surface area contributed by atoms with Crippen molar-refractivity contribution >= 4 is 34.1 Å². The van der Waals surface area contributed by atoms with Crippen LogP contribution in [0.4, 0.5) is 11.5 Å². The van der Waals surface area contributed by atoms with Crippen LogP contribution in [0, 0.1) is 3.57 Å². The first kappa shape index (κ1) is 11.9. The zero-order valence-electron chi connectivity index (χ0n) is 8.85. The minimum absolute atomic E-state index is 0.147. The molecule has 0 atom stereocenters. The highest BCUT2D eigenvalue weighted by molar-refractivity contribution is 14.1. The third-order valence-corrected chi connectivity index (χ3v) is 3.08. The Morgan fingerprint density at radius 3 is 3.12 bits per heavy atom. The Bertz CT molecular complexity index is 563. The zero-order chi connectivity index (χ0) is 12.3. The van der Waals surface area contributed by atoms with E-state index in [-0.39, 0.29) is 5.56 Å². The summed E-state index contributed by atoms with van der Waals surface area (Å²) in [5.41, 5.74) is 6.03. The lowest BCUT2D eigenvalue weighted by Gasteiger charge is -2.06. The summed E-state index contributed by atoms with van der Waals surface area (Å²) in [6.07, 6.45) is 4.71. The molecule has 8 heteroatoms. The number of hydrogen-bond acceptors (Lipinski definition) is 5. The van der Waals surface area contributed by atoms with Crippen molar-refractivity contribution in [2.45, 2.75) is 6.54 Å². The average Bonchev–Trinajstić information content (AvgIpc) is 2.70. The van der Waals surface area contributed by atoms with Crippen LogP contribution in [-0.4, -0.2) is 26.3 Å². The molecule has 0 aliphatic heterocycles. The Balaban J connectivity index is 1.94. The Morgan fingerprint density at radius 2 is 2.41 bits per heavy atom. The maximum Gasteiger partial charge on any atom is 0.266 e. The number of nitrogens with one attached hydrogen (secondary N) is 2. The Kier molecular flexibility index (Phi) is 3.61. The second-order valence-corrected chi connectivity index (χ2v) is 4.44.